The summed E-state index contributed by atoms with van der Waals surface area (Å²) in [5.74, 6) is 2.93. The van der Waals surface area contributed by atoms with E-state index in [1.54, 1.807) is 0 Å². The Balaban J connectivity index is 0.895. The molecule has 2 aromatic carbocycles. The Morgan fingerprint density at radius 1 is 0.473 bits per heavy atom. The maximum atomic E-state index is 15.2. The smallest absolute Gasteiger partial charge is 0.129 e. The lowest BCUT2D eigenvalue weighted by molar-refractivity contribution is 0.137. The van der Waals surface area contributed by atoms with Crippen molar-refractivity contribution in [1.82, 2.24) is 0 Å². The molecule has 0 amide bonds. The Labute approximate surface area is 331 Å². The average Bonchev–Trinajstić information content (AvgIpc) is 3.20. The first kappa shape index (κ1) is 42.2. The third kappa shape index (κ3) is 11.8. The molecule has 0 heterocycles. The van der Waals surface area contributed by atoms with Crippen molar-refractivity contribution in [2.45, 2.75) is 167 Å². The van der Waals surface area contributed by atoms with Crippen LogP contribution in [0.4, 0.5) is 17.6 Å². The second kappa shape index (κ2) is 21.4. The number of allylic oxidation sites excluding steroid dienone is 4. The Morgan fingerprint density at radius 2 is 0.782 bits per heavy atom. The van der Waals surface area contributed by atoms with Crippen LogP contribution in [-0.4, -0.2) is 13.2 Å². The molecule has 0 saturated heterocycles. The van der Waals surface area contributed by atoms with E-state index < -0.39 is 23.3 Å². The van der Waals surface area contributed by atoms with Gasteiger partial charge in [0.15, 0.2) is 0 Å². The highest BCUT2D eigenvalue weighted by Gasteiger charge is 2.33. The fraction of sp³-hybridized carbons (Fsp3) is 0.680. The van der Waals surface area contributed by atoms with E-state index in [1.807, 2.05) is 0 Å². The number of ether oxygens (including phenoxy) is 1. The van der Waals surface area contributed by atoms with Gasteiger partial charge in [-0.3, -0.25) is 0 Å². The molecule has 0 bridgehead atoms. The summed E-state index contributed by atoms with van der Waals surface area (Å²) in [7, 11) is 0. The predicted molar refractivity (Wildman–Crippen MR) is 219 cm³/mol. The van der Waals surface area contributed by atoms with Crippen LogP contribution >= 0.6 is 0 Å². The van der Waals surface area contributed by atoms with Crippen LogP contribution in [0.5, 0.6) is 0 Å². The summed E-state index contributed by atoms with van der Waals surface area (Å²) in [5.41, 5.74) is 1.62. The molecular weight excluding hydrogens is 693 g/mol. The highest BCUT2D eigenvalue weighted by Crippen LogP contribution is 2.46. The normalized spacial score (nSPS) is 29.3. The molecule has 304 valence electrons. The molecule has 0 radical (unpaired) electrons. The molecule has 4 aliphatic rings. The fourth-order valence-corrected chi connectivity index (χ4v) is 11.0. The van der Waals surface area contributed by atoms with Crippen LogP contribution in [0.3, 0.4) is 0 Å². The van der Waals surface area contributed by atoms with Crippen LogP contribution in [0.1, 0.15) is 176 Å². The molecule has 6 rings (SSSR count). The molecule has 5 heteroatoms. The topological polar surface area (TPSA) is 9.23 Å². The first-order valence-electron chi connectivity index (χ1n) is 22.7. The van der Waals surface area contributed by atoms with Gasteiger partial charge in [0.25, 0.3) is 0 Å². The van der Waals surface area contributed by atoms with Gasteiger partial charge in [0.05, 0.1) is 13.2 Å². The van der Waals surface area contributed by atoms with E-state index in [4.69, 9.17) is 4.74 Å². The van der Waals surface area contributed by atoms with Gasteiger partial charge in [-0.25, -0.2) is 17.6 Å². The van der Waals surface area contributed by atoms with Gasteiger partial charge in [0.1, 0.15) is 23.3 Å². The van der Waals surface area contributed by atoms with Gasteiger partial charge in [-0.05, 0) is 198 Å². The molecule has 0 atom stereocenters. The zero-order valence-electron chi connectivity index (χ0n) is 34.1. The maximum absolute atomic E-state index is 15.2. The lowest BCUT2D eigenvalue weighted by Gasteiger charge is -2.37. The van der Waals surface area contributed by atoms with Crippen LogP contribution in [0.15, 0.2) is 48.6 Å². The van der Waals surface area contributed by atoms with E-state index in [0.29, 0.717) is 0 Å². The summed E-state index contributed by atoms with van der Waals surface area (Å²) < 4.78 is 66.6. The van der Waals surface area contributed by atoms with Gasteiger partial charge >= 0.3 is 0 Å². The number of rotatable bonds is 16. The summed E-state index contributed by atoms with van der Waals surface area (Å²) >= 11 is 0. The van der Waals surface area contributed by atoms with Crippen molar-refractivity contribution >= 4 is 0 Å². The van der Waals surface area contributed by atoms with E-state index in [-0.39, 0.29) is 49.0 Å². The lowest BCUT2D eigenvalue weighted by Crippen LogP contribution is -2.25. The van der Waals surface area contributed by atoms with Crippen LogP contribution in [0.2, 0.25) is 0 Å². The minimum Gasteiger partial charge on any atom is -0.381 e. The largest absolute Gasteiger partial charge is 0.381 e. The Bertz CT molecular complexity index is 1350. The second-order valence-electron chi connectivity index (χ2n) is 18.0. The number of unbranched alkanes of at least 4 members (excludes halogenated alkanes) is 2. The summed E-state index contributed by atoms with van der Waals surface area (Å²) in [5, 5.41) is 0. The summed E-state index contributed by atoms with van der Waals surface area (Å²) in [4.78, 5) is 0. The summed E-state index contributed by atoms with van der Waals surface area (Å²) in [6, 6.07) is 6.14. The van der Waals surface area contributed by atoms with Crippen LogP contribution in [0.25, 0.3) is 0 Å². The summed E-state index contributed by atoms with van der Waals surface area (Å²) in [6.07, 6.45) is 33.6. The molecule has 1 nitrogen and oxygen atoms in total. The molecular formula is C50H70F4O. The van der Waals surface area contributed by atoms with Gasteiger partial charge < -0.3 is 4.74 Å². The number of halogens is 4. The van der Waals surface area contributed by atoms with Crippen LogP contribution < -0.4 is 0 Å². The Hall–Kier alpha value is -2.40. The first-order chi connectivity index (χ1) is 26.8. The van der Waals surface area contributed by atoms with Crippen molar-refractivity contribution in [2.24, 2.45) is 35.5 Å². The average molecular weight is 763 g/mol. The number of benzene rings is 2. The molecule has 2 aromatic rings. The molecule has 0 spiro atoms. The van der Waals surface area contributed by atoms with E-state index in [0.717, 1.165) is 98.0 Å². The minimum atomic E-state index is -0.514. The van der Waals surface area contributed by atoms with Gasteiger partial charge in [0.2, 0.25) is 0 Å². The zero-order valence-corrected chi connectivity index (χ0v) is 34.1. The van der Waals surface area contributed by atoms with Crippen molar-refractivity contribution in [3.63, 3.8) is 0 Å². The highest BCUT2D eigenvalue weighted by molar-refractivity contribution is 5.30. The Kier molecular flexibility index (Phi) is 16.4. The monoisotopic (exact) mass is 763 g/mol. The molecule has 4 aliphatic carbocycles. The minimum absolute atomic E-state index is 0.0332. The quantitative estimate of drug-likeness (QED) is 0.0940. The van der Waals surface area contributed by atoms with Crippen molar-refractivity contribution < 1.29 is 22.3 Å². The third-order valence-corrected chi connectivity index (χ3v) is 14.5. The lowest BCUT2D eigenvalue weighted by atomic mass is 9.68. The number of hydrogen-bond donors (Lipinski definition) is 0. The van der Waals surface area contributed by atoms with Crippen molar-refractivity contribution in [3.05, 3.63) is 94.1 Å². The van der Waals surface area contributed by atoms with Crippen molar-refractivity contribution in [1.29, 1.82) is 0 Å². The zero-order chi connectivity index (χ0) is 38.6. The van der Waals surface area contributed by atoms with Crippen LogP contribution in [0, 0.1) is 58.8 Å². The molecule has 0 unspecified atom stereocenters. The standard InChI is InChI=1S/C50H70F4O/c1-3-5-7-9-35-11-15-37(16-12-35)39-19-23-41(24-20-39)43-31-47(51)45(48(52)32-43)27-29-55-30-28-46-49(53)33-44(34-50(46)54)42-25-21-40(22-26-42)38-17-13-36(14-18-38)10-8-6-4-2/h7-10,31-42H,3-6,11-30H2,1-2H3/b9-7+,10-8+. The predicted octanol–water partition coefficient (Wildman–Crippen LogP) is 14.9. The van der Waals surface area contributed by atoms with E-state index >= 15 is 17.6 Å². The summed E-state index contributed by atoms with van der Waals surface area (Å²) in [6.45, 7) is 4.64. The molecule has 0 aliphatic heterocycles. The molecule has 0 aromatic heterocycles. The van der Waals surface area contributed by atoms with Gasteiger partial charge in [-0.1, -0.05) is 51.0 Å². The number of hydrogen-bond acceptors (Lipinski definition) is 1. The highest BCUT2D eigenvalue weighted by atomic mass is 19.1. The molecule has 4 saturated carbocycles. The van der Waals surface area contributed by atoms with Crippen molar-refractivity contribution in [2.75, 3.05) is 13.2 Å². The molecule has 4 fully saturated rings. The molecule has 55 heavy (non-hydrogen) atoms. The van der Waals surface area contributed by atoms with Crippen molar-refractivity contribution in [3.8, 4) is 0 Å². The molecule has 0 N–H and O–H groups in total. The van der Waals surface area contributed by atoms with E-state index in [1.165, 1.54) is 101 Å². The second-order valence-corrected chi connectivity index (χ2v) is 18.0. The third-order valence-electron chi connectivity index (χ3n) is 14.5. The van der Waals surface area contributed by atoms with Gasteiger partial charge in [-0.15, -0.1) is 0 Å². The van der Waals surface area contributed by atoms with Crippen LogP contribution in [-0.2, 0) is 17.6 Å². The van der Waals surface area contributed by atoms with E-state index in [9.17, 15) is 0 Å². The van der Waals surface area contributed by atoms with Gasteiger partial charge in [0, 0.05) is 24.0 Å². The van der Waals surface area contributed by atoms with E-state index in [2.05, 4.69) is 38.2 Å². The maximum Gasteiger partial charge on any atom is 0.129 e. The fourth-order valence-electron chi connectivity index (χ4n) is 11.0. The SMILES string of the molecule is CCC/C=C/C1CCC(C2CCC(c3cc(F)c(CCOCCc4c(F)cc(C5CCC(C6CCC(/C=C/CCC)CC6)CC5)cc4F)c(F)c3)CC2)CC1. The van der Waals surface area contributed by atoms with Gasteiger partial charge in [-0.2, -0.15) is 0 Å². The first-order valence-corrected chi connectivity index (χ1v) is 22.7. The Morgan fingerprint density at radius 3 is 1.09 bits per heavy atom.